The van der Waals surface area contributed by atoms with Gasteiger partial charge in [0.1, 0.15) is 17.1 Å². The van der Waals surface area contributed by atoms with E-state index < -0.39 is 5.63 Å². The second-order valence-corrected chi connectivity index (χ2v) is 8.40. The molecule has 0 saturated heterocycles. The third kappa shape index (κ3) is 1.75. The molecule has 1 aromatic heterocycles. The maximum absolute atomic E-state index is 11.7. The van der Waals surface area contributed by atoms with E-state index in [1.165, 1.54) is 32.1 Å². The molecule has 2 heterocycles. The third-order valence-corrected chi connectivity index (χ3v) is 7.10. The smallest absolute Gasteiger partial charge is 0.339 e. The predicted octanol–water partition coefficient (Wildman–Crippen LogP) is 4.10. The van der Waals surface area contributed by atoms with Crippen molar-refractivity contribution < 1.29 is 14.3 Å². The van der Waals surface area contributed by atoms with Gasteiger partial charge in [-0.3, -0.25) is 0 Å². The van der Waals surface area contributed by atoms with Gasteiger partial charge in [-0.1, -0.05) is 0 Å². The number of ether oxygens (including phenoxy) is 1. The van der Waals surface area contributed by atoms with Gasteiger partial charge in [-0.15, -0.1) is 0 Å². The second kappa shape index (κ2) is 4.48. The Labute approximate surface area is 145 Å². The molecule has 25 heavy (non-hydrogen) atoms. The number of aromatic hydroxyl groups is 1. The molecule has 0 atom stereocenters. The lowest BCUT2D eigenvalue weighted by Gasteiger charge is -2.60. The average molecular weight is 336 g/mol. The van der Waals surface area contributed by atoms with Crippen LogP contribution in [0, 0.1) is 23.7 Å². The minimum absolute atomic E-state index is 0.0441. The molecule has 1 aliphatic heterocycles. The predicted molar refractivity (Wildman–Crippen MR) is 93.6 cm³/mol. The molecule has 128 valence electrons. The lowest BCUT2D eigenvalue weighted by molar-refractivity contribution is -0.128. The number of hydrogen-bond donors (Lipinski definition) is 1. The van der Waals surface area contributed by atoms with E-state index in [0.717, 1.165) is 29.2 Å². The number of hydrogen-bond acceptors (Lipinski definition) is 4. The first-order valence-electron chi connectivity index (χ1n) is 9.30. The van der Waals surface area contributed by atoms with Crippen molar-refractivity contribution in [2.75, 3.05) is 0 Å². The van der Waals surface area contributed by atoms with E-state index in [0.29, 0.717) is 22.8 Å². The molecular formula is C21H20O4. The Morgan fingerprint density at radius 2 is 1.76 bits per heavy atom. The summed E-state index contributed by atoms with van der Waals surface area (Å²) in [5.74, 6) is 3.70. The fraction of sp³-hybridized carbons (Fsp3) is 0.476. The van der Waals surface area contributed by atoms with Crippen LogP contribution in [0.25, 0.3) is 17.0 Å². The van der Waals surface area contributed by atoms with Gasteiger partial charge in [-0.05, 0) is 68.2 Å². The van der Waals surface area contributed by atoms with Gasteiger partial charge in [0.05, 0.1) is 17.0 Å². The van der Waals surface area contributed by atoms with Crippen molar-refractivity contribution in [3.05, 3.63) is 40.3 Å². The van der Waals surface area contributed by atoms with Gasteiger partial charge in [-0.25, -0.2) is 4.79 Å². The van der Waals surface area contributed by atoms with Crippen LogP contribution in [0.2, 0.25) is 0 Å². The number of rotatable bonds is 0. The Bertz CT molecular complexity index is 955. The van der Waals surface area contributed by atoms with Crippen molar-refractivity contribution in [1.29, 1.82) is 0 Å². The fourth-order valence-corrected chi connectivity index (χ4v) is 6.26. The molecule has 4 nitrogen and oxygen atoms in total. The highest BCUT2D eigenvalue weighted by atomic mass is 16.5. The molecule has 0 radical (unpaired) electrons. The van der Waals surface area contributed by atoms with E-state index >= 15 is 0 Å². The standard InChI is InChI=1S/C21H20O4/c22-17-10-19(23)24-20-15(17)1-2-18-16(20)3-4-21(25-18)13-6-11-5-12(8-13)9-14(21)7-11/h1-4,10-14,22H,5-9H2. The van der Waals surface area contributed by atoms with E-state index in [-0.39, 0.29) is 11.4 Å². The normalized spacial score (nSPS) is 37.4. The topological polar surface area (TPSA) is 59.7 Å². The summed E-state index contributed by atoms with van der Waals surface area (Å²) in [5, 5.41) is 10.6. The molecule has 1 spiro atoms. The molecule has 4 saturated carbocycles. The molecule has 1 N–H and O–H groups in total. The molecule has 0 unspecified atom stereocenters. The molecule has 7 rings (SSSR count). The van der Waals surface area contributed by atoms with Crippen molar-refractivity contribution in [2.45, 2.75) is 37.7 Å². The lowest BCUT2D eigenvalue weighted by atomic mass is 9.49. The summed E-state index contributed by atoms with van der Waals surface area (Å²) in [5.41, 5.74) is 0.453. The monoisotopic (exact) mass is 336 g/mol. The van der Waals surface area contributed by atoms with Crippen molar-refractivity contribution >= 4 is 17.0 Å². The Kier molecular flexibility index (Phi) is 2.51. The van der Waals surface area contributed by atoms with Gasteiger partial charge < -0.3 is 14.3 Å². The lowest BCUT2D eigenvalue weighted by Crippen LogP contribution is -2.60. The van der Waals surface area contributed by atoms with Crippen molar-refractivity contribution in [3.8, 4) is 11.5 Å². The molecule has 4 heteroatoms. The van der Waals surface area contributed by atoms with Gasteiger partial charge in [0.15, 0.2) is 5.58 Å². The Hall–Kier alpha value is -2.23. The molecule has 1 aromatic carbocycles. The SMILES string of the molecule is O=c1cc(O)c2ccc3c(c2o1)C=CC1(O3)C2CC3CC(C2)CC1C3. The first-order valence-corrected chi connectivity index (χ1v) is 9.30. The van der Waals surface area contributed by atoms with Crippen molar-refractivity contribution in [2.24, 2.45) is 23.7 Å². The Morgan fingerprint density at radius 1 is 1.04 bits per heavy atom. The van der Waals surface area contributed by atoms with Crippen LogP contribution in [0.4, 0.5) is 0 Å². The van der Waals surface area contributed by atoms with Gasteiger partial charge >= 0.3 is 5.63 Å². The molecular weight excluding hydrogens is 316 g/mol. The van der Waals surface area contributed by atoms with Crippen LogP contribution in [0.5, 0.6) is 11.5 Å². The first-order chi connectivity index (χ1) is 12.1. The third-order valence-electron chi connectivity index (χ3n) is 7.10. The highest BCUT2D eigenvalue weighted by Crippen LogP contribution is 2.61. The van der Waals surface area contributed by atoms with Crippen LogP contribution in [0.3, 0.4) is 0 Å². The second-order valence-electron chi connectivity index (χ2n) is 8.40. The molecule has 5 aliphatic rings. The van der Waals surface area contributed by atoms with E-state index in [1.807, 2.05) is 6.07 Å². The molecule has 4 bridgehead atoms. The highest BCUT2D eigenvalue weighted by molar-refractivity contribution is 5.92. The van der Waals surface area contributed by atoms with Crippen LogP contribution in [-0.2, 0) is 0 Å². The van der Waals surface area contributed by atoms with Gasteiger partial charge in [0.25, 0.3) is 0 Å². The minimum Gasteiger partial charge on any atom is -0.507 e. The Balaban J connectivity index is 1.51. The quantitative estimate of drug-likeness (QED) is 0.736. The number of fused-ring (bicyclic) bond motifs is 3. The van der Waals surface area contributed by atoms with Gasteiger partial charge in [0, 0.05) is 11.8 Å². The first kappa shape index (κ1) is 14.0. The molecule has 4 aliphatic carbocycles. The molecule has 2 aromatic rings. The van der Waals surface area contributed by atoms with E-state index in [2.05, 4.69) is 12.2 Å². The zero-order chi connectivity index (χ0) is 16.8. The van der Waals surface area contributed by atoms with Crippen molar-refractivity contribution in [1.82, 2.24) is 0 Å². The minimum atomic E-state index is -0.540. The van der Waals surface area contributed by atoms with E-state index in [1.54, 1.807) is 6.07 Å². The largest absolute Gasteiger partial charge is 0.507 e. The summed E-state index contributed by atoms with van der Waals surface area (Å²) < 4.78 is 12.0. The highest BCUT2D eigenvalue weighted by Gasteiger charge is 2.58. The van der Waals surface area contributed by atoms with Crippen LogP contribution in [-0.4, -0.2) is 10.7 Å². The zero-order valence-corrected chi connectivity index (χ0v) is 13.9. The summed E-state index contributed by atoms with van der Waals surface area (Å²) >= 11 is 0. The van der Waals surface area contributed by atoms with Crippen LogP contribution in [0.1, 0.15) is 37.7 Å². The van der Waals surface area contributed by atoms with E-state index in [9.17, 15) is 9.90 Å². The van der Waals surface area contributed by atoms with Gasteiger partial charge in [-0.2, -0.15) is 0 Å². The zero-order valence-electron chi connectivity index (χ0n) is 13.9. The summed E-state index contributed by atoms with van der Waals surface area (Å²) in [6, 6.07) is 4.81. The maximum atomic E-state index is 11.7. The summed E-state index contributed by atoms with van der Waals surface area (Å²) in [4.78, 5) is 11.7. The Morgan fingerprint density at radius 3 is 2.48 bits per heavy atom. The molecule has 0 amide bonds. The summed E-state index contributed by atoms with van der Waals surface area (Å²) in [6.45, 7) is 0. The average Bonchev–Trinajstić information content (AvgIpc) is 2.58. The fourth-order valence-electron chi connectivity index (χ4n) is 6.26. The van der Waals surface area contributed by atoms with E-state index in [4.69, 9.17) is 9.15 Å². The van der Waals surface area contributed by atoms with Crippen LogP contribution >= 0.6 is 0 Å². The summed E-state index contributed by atoms with van der Waals surface area (Å²) in [7, 11) is 0. The van der Waals surface area contributed by atoms with Gasteiger partial charge in [0.2, 0.25) is 0 Å². The van der Waals surface area contributed by atoms with Crippen LogP contribution in [0.15, 0.2) is 33.5 Å². The molecule has 4 fully saturated rings. The summed E-state index contributed by atoms with van der Waals surface area (Å²) in [6.07, 6.45) is 10.8. The number of benzene rings is 1. The van der Waals surface area contributed by atoms with Crippen molar-refractivity contribution in [3.63, 3.8) is 0 Å². The van der Waals surface area contributed by atoms with Crippen LogP contribution < -0.4 is 10.4 Å². The maximum Gasteiger partial charge on any atom is 0.339 e.